The predicted molar refractivity (Wildman–Crippen MR) is 125 cm³/mol. The van der Waals surface area contributed by atoms with Crippen LogP contribution in [-0.2, 0) is 28.5 Å². The minimum absolute atomic E-state index is 0.0124. The minimum atomic E-state index is -1.06. The van der Waals surface area contributed by atoms with Crippen LogP contribution in [0.3, 0.4) is 0 Å². The molecule has 0 radical (unpaired) electrons. The van der Waals surface area contributed by atoms with Gasteiger partial charge in [-0.05, 0) is 44.1 Å². The first kappa shape index (κ1) is 24.1. The molecule has 0 aromatic carbocycles. The Balaban J connectivity index is 1.55. The lowest BCUT2D eigenvalue weighted by atomic mass is 9.43. The number of ether oxygens (including phenoxy) is 4. The molecule has 1 heterocycles. The molecule has 8 nitrogen and oxygen atoms in total. The van der Waals surface area contributed by atoms with Gasteiger partial charge in [-0.2, -0.15) is 0 Å². The minimum Gasteiger partial charge on any atom is -0.462 e. The highest BCUT2D eigenvalue weighted by Gasteiger charge is 2.84. The first-order valence-corrected chi connectivity index (χ1v) is 13.5. The monoisotopic (exact) mass is 491 g/mol. The summed E-state index contributed by atoms with van der Waals surface area (Å²) in [6, 6.07) is 0.201. The summed E-state index contributed by atoms with van der Waals surface area (Å²) in [5, 5.41) is 12.7. The van der Waals surface area contributed by atoms with Crippen LogP contribution in [-0.4, -0.2) is 85.8 Å². The third kappa shape index (κ3) is 2.83. The summed E-state index contributed by atoms with van der Waals surface area (Å²) in [5.74, 6) is -0.414. The summed E-state index contributed by atoms with van der Waals surface area (Å²) in [4.78, 5) is 27.0. The van der Waals surface area contributed by atoms with E-state index in [1.54, 1.807) is 0 Å². The van der Waals surface area contributed by atoms with Crippen molar-refractivity contribution < 1.29 is 33.6 Å². The number of piperidine rings is 1. The third-order valence-electron chi connectivity index (χ3n) is 11.4. The van der Waals surface area contributed by atoms with Gasteiger partial charge in [0.25, 0.3) is 0 Å². The smallest absolute Gasteiger partial charge is 0.302 e. The van der Waals surface area contributed by atoms with Crippen molar-refractivity contribution in [1.82, 2.24) is 4.90 Å². The Hall–Kier alpha value is -1.22. The fourth-order valence-electron chi connectivity index (χ4n) is 11.1. The summed E-state index contributed by atoms with van der Waals surface area (Å²) < 4.78 is 24.1. The van der Waals surface area contributed by atoms with Gasteiger partial charge in [-0.3, -0.25) is 14.5 Å². The van der Waals surface area contributed by atoms with E-state index in [2.05, 4.69) is 11.8 Å². The summed E-state index contributed by atoms with van der Waals surface area (Å²) in [6.45, 7) is 7.70. The van der Waals surface area contributed by atoms with Crippen molar-refractivity contribution in [2.75, 3.05) is 33.9 Å². The molecule has 8 heteroatoms. The van der Waals surface area contributed by atoms with E-state index in [0.29, 0.717) is 18.9 Å². The average Bonchev–Trinajstić information content (AvgIpc) is 3.23. The predicted octanol–water partition coefficient (Wildman–Crippen LogP) is 2.02. The zero-order chi connectivity index (χ0) is 24.9. The fourth-order valence-corrected chi connectivity index (χ4v) is 11.1. The maximum Gasteiger partial charge on any atom is 0.302 e. The second-order valence-corrected chi connectivity index (χ2v) is 12.4. The number of carbonyl (C=O) groups excluding carboxylic acids is 2. The van der Waals surface area contributed by atoms with Crippen LogP contribution in [0.2, 0.25) is 0 Å². The van der Waals surface area contributed by atoms with E-state index in [4.69, 9.17) is 18.9 Å². The topological polar surface area (TPSA) is 94.5 Å². The van der Waals surface area contributed by atoms with Crippen LogP contribution in [0.25, 0.3) is 0 Å². The van der Waals surface area contributed by atoms with Gasteiger partial charge in [0.2, 0.25) is 0 Å². The molecule has 6 rings (SSSR count). The van der Waals surface area contributed by atoms with Gasteiger partial charge in [-0.25, -0.2) is 0 Å². The van der Waals surface area contributed by atoms with Crippen molar-refractivity contribution in [2.24, 2.45) is 40.4 Å². The third-order valence-corrected chi connectivity index (χ3v) is 11.4. The summed E-state index contributed by atoms with van der Waals surface area (Å²) in [5.41, 5.74) is -1.16. The number of carbonyl (C=O) groups is 2. The fraction of sp³-hybridized carbons (Fsp3) is 0.926. The van der Waals surface area contributed by atoms with E-state index in [0.717, 1.165) is 38.8 Å². The van der Waals surface area contributed by atoms with Gasteiger partial charge in [-0.15, -0.1) is 0 Å². The highest BCUT2D eigenvalue weighted by molar-refractivity contribution is 5.67. The van der Waals surface area contributed by atoms with Gasteiger partial charge in [0, 0.05) is 75.7 Å². The maximum atomic E-state index is 12.7. The van der Waals surface area contributed by atoms with Crippen LogP contribution in [0.4, 0.5) is 0 Å². The molecule has 0 aromatic heterocycles. The maximum absolute atomic E-state index is 12.7. The second-order valence-electron chi connectivity index (χ2n) is 12.4. The Bertz CT molecular complexity index is 912. The van der Waals surface area contributed by atoms with Gasteiger partial charge in [0.15, 0.2) is 0 Å². The SMILES string of the molecule is CCN1C[C@]2(COC)CC[C@H](OC)[C@]34C1[C@@H](C[C@H]23)[C@@]1(O)C[C@H](OC(C)=O)[C@H]2C[C@@H]4[C@@H]1[C@H]2OC(C)=O. The second kappa shape index (κ2) is 7.89. The highest BCUT2D eigenvalue weighted by Crippen LogP contribution is 2.79. The lowest BCUT2D eigenvalue weighted by Gasteiger charge is -2.69. The van der Waals surface area contributed by atoms with Gasteiger partial charge in [0.1, 0.15) is 12.2 Å². The molecule has 196 valence electrons. The number of aliphatic hydroxyl groups is 1. The Morgan fingerprint density at radius 2 is 1.83 bits per heavy atom. The normalized spacial score (nSPS) is 53.4. The van der Waals surface area contributed by atoms with Crippen molar-refractivity contribution in [2.45, 2.75) is 82.8 Å². The molecule has 1 saturated heterocycles. The summed E-state index contributed by atoms with van der Waals surface area (Å²) in [6.07, 6.45) is 3.36. The molecule has 5 aliphatic carbocycles. The van der Waals surface area contributed by atoms with Gasteiger partial charge in [-0.1, -0.05) is 6.92 Å². The molecule has 35 heavy (non-hydrogen) atoms. The van der Waals surface area contributed by atoms with Crippen LogP contribution in [0.15, 0.2) is 0 Å². The van der Waals surface area contributed by atoms with E-state index >= 15 is 0 Å². The molecule has 1 N–H and O–H groups in total. The Morgan fingerprint density at radius 1 is 1.09 bits per heavy atom. The number of fused-ring (bicyclic) bond motifs is 2. The molecule has 5 saturated carbocycles. The van der Waals surface area contributed by atoms with E-state index < -0.39 is 17.8 Å². The number of likely N-dealkylation sites (tertiary alicyclic amines) is 1. The van der Waals surface area contributed by atoms with Gasteiger partial charge in [0.05, 0.1) is 18.3 Å². The Labute approximate surface area is 208 Å². The molecule has 6 aliphatic rings. The van der Waals surface area contributed by atoms with Gasteiger partial charge >= 0.3 is 11.9 Å². The van der Waals surface area contributed by atoms with E-state index in [1.807, 2.05) is 14.2 Å². The number of esters is 2. The standard InChI is InChI=1S/C27H41NO7/c1-6-28-12-25(13-32-4)8-7-21(33-5)27-17-9-16-19(34-14(2)29)11-26(31,18(24(27)28)10-20(25)27)22(17)23(16)35-15(3)30/h16-24,31H,6-13H2,1-5H3/t16-,17-,18-,19+,20-,21+,22-,23+,24?,25+,26+,27-/m1/s1. The molecule has 1 spiro atoms. The zero-order valence-electron chi connectivity index (χ0n) is 21.7. The number of rotatable bonds is 6. The van der Waals surface area contributed by atoms with Crippen molar-refractivity contribution in [3.05, 3.63) is 0 Å². The number of nitrogens with zero attached hydrogens (tertiary/aromatic N) is 1. The van der Waals surface area contributed by atoms with Crippen molar-refractivity contribution in [3.63, 3.8) is 0 Å². The lowest BCUT2D eigenvalue weighted by Crippen LogP contribution is -2.76. The molecular weight excluding hydrogens is 450 g/mol. The average molecular weight is 492 g/mol. The summed E-state index contributed by atoms with van der Waals surface area (Å²) in [7, 11) is 3.65. The van der Waals surface area contributed by atoms with Gasteiger partial charge < -0.3 is 24.1 Å². The molecule has 1 aliphatic heterocycles. The molecule has 1 unspecified atom stereocenters. The first-order chi connectivity index (χ1) is 16.7. The van der Waals surface area contributed by atoms with Crippen LogP contribution < -0.4 is 0 Å². The number of hydrogen-bond donors (Lipinski definition) is 1. The Kier molecular flexibility index (Phi) is 5.44. The highest BCUT2D eigenvalue weighted by atomic mass is 16.6. The van der Waals surface area contributed by atoms with Crippen molar-refractivity contribution in [1.29, 1.82) is 0 Å². The number of methoxy groups -OCH3 is 2. The van der Waals surface area contributed by atoms with Crippen molar-refractivity contribution in [3.8, 4) is 0 Å². The molecule has 12 atom stereocenters. The zero-order valence-corrected chi connectivity index (χ0v) is 21.7. The van der Waals surface area contributed by atoms with E-state index in [9.17, 15) is 14.7 Å². The molecular formula is C27H41NO7. The summed E-state index contributed by atoms with van der Waals surface area (Å²) >= 11 is 0. The van der Waals surface area contributed by atoms with Crippen LogP contribution in [0.5, 0.6) is 0 Å². The lowest BCUT2D eigenvalue weighted by molar-refractivity contribution is -0.277. The van der Waals surface area contributed by atoms with Crippen LogP contribution in [0.1, 0.15) is 52.9 Å². The van der Waals surface area contributed by atoms with Crippen molar-refractivity contribution >= 4 is 11.9 Å². The Morgan fingerprint density at radius 3 is 2.46 bits per heavy atom. The number of hydrogen-bond acceptors (Lipinski definition) is 8. The van der Waals surface area contributed by atoms with Crippen LogP contribution >= 0.6 is 0 Å². The molecule has 7 bridgehead atoms. The van der Waals surface area contributed by atoms with Crippen LogP contribution in [0, 0.1) is 40.4 Å². The quantitative estimate of drug-likeness (QED) is 0.564. The molecule has 0 amide bonds. The molecule has 0 aromatic rings. The molecule has 6 fully saturated rings. The first-order valence-electron chi connectivity index (χ1n) is 13.5. The largest absolute Gasteiger partial charge is 0.462 e. The van der Waals surface area contributed by atoms with E-state index in [1.165, 1.54) is 13.8 Å². The van der Waals surface area contributed by atoms with E-state index in [-0.39, 0.29) is 58.6 Å².